The molecule has 7 heteroatoms. The Kier molecular flexibility index (Phi) is 4.04. The summed E-state index contributed by atoms with van der Waals surface area (Å²) >= 11 is 5.67. The molecular formula is C17H8ClF3N2O. The molecule has 0 spiro atoms. The average molecular weight is 349 g/mol. The number of fused-ring (bicyclic) bond motifs is 1. The van der Waals surface area contributed by atoms with E-state index in [9.17, 15) is 18.0 Å². The molecule has 0 saturated heterocycles. The maximum Gasteiger partial charge on any atom is 0.207 e. The van der Waals surface area contributed by atoms with Gasteiger partial charge in [0.15, 0.2) is 11.6 Å². The largest absolute Gasteiger partial charge is 0.359 e. The Balaban J connectivity index is 2.27. The summed E-state index contributed by atoms with van der Waals surface area (Å²) in [6.45, 7) is 0. The maximum absolute atomic E-state index is 14.2. The zero-order valence-corrected chi connectivity index (χ0v) is 12.7. The molecule has 0 aliphatic heterocycles. The molecule has 1 heterocycles. The zero-order valence-electron chi connectivity index (χ0n) is 12.0. The minimum atomic E-state index is -1.24. The first-order valence-electron chi connectivity index (χ1n) is 6.78. The van der Waals surface area contributed by atoms with E-state index in [1.165, 1.54) is 12.1 Å². The Labute approximate surface area is 138 Å². The maximum atomic E-state index is 14.2. The summed E-state index contributed by atoms with van der Waals surface area (Å²) in [7, 11) is 0. The molecule has 2 aromatic carbocycles. The van der Waals surface area contributed by atoms with Gasteiger partial charge in [-0.1, -0.05) is 17.7 Å². The molecule has 3 aromatic rings. The van der Waals surface area contributed by atoms with Crippen molar-refractivity contribution in [2.24, 2.45) is 0 Å². The summed E-state index contributed by atoms with van der Waals surface area (Å²) in [4.78, 5) is 14.7. The van der Waals surface area contributed by atoms with Gasteiger partial charge in [0.2, 0.25) is 5.43 Å². The van der Waals surface area contributed by atoms with Crippen LogP contribution < -0.4 is 5.43 Å². The van der Waals surface area contributed by atoms with Crippen molar-refractivity contribution in [3.63, 3.8) is 0 Å². The van der Waals surface area contributed by atoms with Gasteiger partial charge in [0.1, 0.15) is 17.4 Å². The minimum absolute atomic E-state index is 0.0206. The predicted octanol–water partition coefficient (Wildman–Crippen LogP) is 4.06. The number of nitrogens with zero attached hydrogens (tertiary/aromatic N) is 1. The molecule has 1 N–H and O–H groups in total. The van der Waals surface area contributed by atoms with Gasteiger partial charge < -0.3 is 4.98 Å². The van der Waals surface area contributed by atoms with E-state index in [4.69, 9.17) is 16.9 Å². The lowest BCUT2D eigenvalue weighted by atomic mass is 9.99. The van der Waals surface area contributed by atoms with E-state index >= 15 is 0 Å². The van der Waals surface area contributed by atoms with Crippen molar-refractivity contribution < 1.29 is 13.2 Å². The number of H-pyrrole nitrogens is 1. The van der Waals surface area contributed by atoms with Crippen LogP contribution in [0.1, 0.15) is 16.7 Å². The van der Waals surface area contributed by atoms with Crippen LogP contribution in [0.15, 0.2) is 35.3 Å². The number of aromatic amines is 1. The van der Waals surface area contributed by atoms with Crippen LogP contribution in [0.4, 0.5) is 13.2 Å². The monoisotopic (exact) mass is 348 g/mol. The molecule has 0 aliphatic carbocycles. The Morgan fingerprint density at radius 2 is 1.92 bits per heavy atom. The lowest BCUT2D eigenvalue weighted by molar-refractivity contribution is 0.502. The van der Waals surface area contributed by atoms with E-state index in [0.717, 1.165) is 18.3 Å². The molecule has 120 valence electrons. The highest BCUT2D eigenvalue weighted by molar-refractivity contribution is 6.30. The van der Waals surface area contributed by atoms with Crippen molar-refractivity contribution in [1.29, 1.82) is 5.26 Å². The average Bonchev–Trinajstić information content (AvgIpc) is 2.55. The summed E-state index contributed by atoms with van der Waals surface area (Å²) in [6, 6.07) is 6.25. The fourth-order valence-electron chi connectivity index (χ4n) is 2.48. The van der Waals surface area contributed by atoms with Gasteiger partial charge in [-0.25, -0.2) is 13.2 Å². The van der Waals surface area contributed by atoms with E-state index < -0.39 is 22.9 Å². The lowest BCUT2D eigenvalue weighted by Gasteiger charge is -2.10. The lowest BCUT2D eigenvalue weighted by Crippen LogP contribution is -2.11. The van der Waals surface area contributed by atoms with E-state index in [2.05, 4.69) is 4.98 Å². The van der Waals surface area contributed by atoms with Crippen molar-refractivity contribution >= 4 is 22.5 Å². The van der Waals surface area contributed by atoms with Crippen LogP contribution in [0.3, 0.4) is 0 Å². The van der Waals surface area contributed by atoms with Crippen LogP contribution in [0.5, 0.6) is 0 Å². The van der Waals surface area contributed by atoms with E-state index in [1.54, 1.807) is 6.07 Å². The number of nitriles is 1. The Morgan fingerprint density at radius 3 is 2.58 bits per heavy atom. The number of pyridine rings is 1. The number of aromatic nitrogens is 1. The minimum Gasteiger partial charge on any atom is -0.359 e. The molecular weight excluding hydrogens is 341 g/mol. The van der Waals surface area contributed by atoms with Crippen LogP contribution in [-0.4, -0.2) is 4.98 Å². The van der Waals surface area contributed by atoms with E-state index in [-0.39, 0.29) is 39.0 Å². The molecule has 0 saturated carbocycles. The fraction of sp³-hybridized carbons (Fsp3) is 0.0588. The highest BCUT2D eigenvalue weighted by atomic mass is 35.5. The van der Waals surface area contributed by atoms with Crippen LogP contribution in [0, 0.1) is 28.8 Å². The summed E-state index contributed by atoms with van der Waals surface area (Å²) < 4.78 is 42.0. The molecule has 0 unspecified atom stereocenters. The van der Waals surface area contributed by atoms with Gasteiger partial charge in [0.05, 0.1) is 10.9 Å². The van der Waals surface area contributed by atoms with Gasteiger partial charge in [-0.15, -0.1) is 0 Å². The third-order valence-electron chi connectivity index (χ3n) is 3.67. The molecule has 3 nitrogen and oxygen atoms in total. The molecule has 0 bridgehead atoms. The molecule has 0 amide bonds. The molecule has 0 fully saturated rings. The number of hydrogen-bond acceptors (Lipinski definition) is 2. The molecule has 3 rings (SSSR count). The van der Waals surface area contributed by atoms with Gasteiger partial charge in [-0.05, 0) is 23.8 Å². The Morgan fingerprint density at radius 1 is 1.17 bits per heavy atom. The predicted molar refractivity (Wildman–Crippen MR) is 83.4 cm³/mol. The van der Waals surface area contributed by atoms with Crippen molar-refractivity contribution in [3.8, 4) is 6.07 Å². The van der Waals surface area contributed by atoms with Gasteiger partial charge in [-0.2, -0.15) is 5.26 Å². The van der Waals surface area contributed by atoms with Gasteiger partial charge in [0, 0.05) is 23.2 Å². The van der Waals surface area contributed by atoms with Crippen molar-refractivity contribution in [3.05, 3.63) is 79.9 Å². The van der Waals surface area contributed by atoms with Crippen LogP contribution in [0.2, 0.25) is 5.02 Å². The number of rotatable bonds is 2. The summed E-state index contributed by atoms with van der Waals surface area (Å²) in [5, 5.41) is 8.87. The third-order valence-corrected chi connectivity index (χ3v) is 3.90. The summed E-state index contributed by atoms with van der Waals surface area (Å²) in [6.07, 6.45) is 0.828. The van der Waals surface area contributed by atoms with Gasteiger partial charge in [0.25, 0.3) is 0 Å². The van der Waals surface area contributed by atoms with E-state index in [1.807, 2.05) is 0 Å². The molecule has 24 heavy (non-hydrogen) atoms. The second-order valence-electron chi connectivity index (χ2n) is 5.13. The molecule has 1 aromatic heterocycles. The summed E-state index contributed by atoms with van der Waals surface area (Å²) in [5.74, 6) is -3.10. The Hall–Kier alpha value is -2.78. The fourth-order valence-corrected chi connectivity index (χ4v) is 2.64. The van der Waals surface area contributed by atoms with Gasteiger partial charge >= 0.3 is 0 Å². The van der Waals surface area contributed by atoms with E-state index in [0.29, 0.717) is 0 Å². The number of halogens is 4. The van der Waals surface area contributed by atoms with Crippen LogP contribution in [-0.2, 0) is 6.42 Å². The Bertz CT molecular complexity index is 1070. The molecule has 0 radical (unpaired) electrons. The number of hydrogen-bond donors (Lipinski definition) is 1. The van der Waals surface area contributed by atoms with Crippen LogP contribution in [0.25, 0.3) is 10.9 Å². The molecule has 0 atom stereocenters. The molecule has 0 aliphatic rings. The van der Waals surface area contributed by atoms with Gasteiger partial charge in [-0.3, -0.25) is 4.79 Å². The quantitative estimate of drug-likeness (QED) is 0.759. The first-order valence-corrected chi connectivity index (χ1v) is 7.16. The third kappa shape index (κ3) is 2.63. The normalized spacial score (nSPS) is 10.8. The first-order chi connectivity index (χ1) is 11.4. The zero-order chi connectivity index (χ0) is 17.4. The highest BCUT2D eigenvalue weighted by Crippen LogP contribution is 2.25. The SMILES string of the molecule is N#Cc1c[nH]c2c(Cc3ccc(Cl)cc3F)c(F)c(F)cc2c1=O. The van der Waals surface area contributed by atoms with Crippen molar-refractivity contribution in [1.82, 2.24) is 4.98 Å². The van der Waals surface area contributed by atoms with Crippen molar-refractivity contribution in [2.75, 3.05) is 0 Å². The highest BCUT2D eigenvalue weighted by Gasteiger charge is 2.18. The smallest absolute Gasteiger partial charge is 0.207 e. The topological polar surface area (TPSA) is 56.6 Å². The second-order valence-corrected chi connectivity index (χ2v) is 5.57. The standard InChI is InChI=1S/C17H8ClF3N2O/c18-10-2-1-8(13(19)4-10)3-11-15(21)14(20)5-12-16(11)23-7-9(6-22)17(12)24/h1-2,4-5,7H,3H2,(H,23,24). The number of nitrogens with one attached hydrogen (secondary N) is 1. The van der Waals surface area contributed by atoms with Crippen molar-refractivity contribution in [2.45, 2.75) is 6.42 Å². The van der Waals surface area contributed by atoms with Crippen LogP contribution >= 0.6 is 11.6 Å². The second kappa shape index (κ2) is 6.02. The first kappa shape index (κ1) is 16.1. The number of benzene rings is 2. The summed E-state index contributed by atoms with van der Waals surface area (Å²) in [5.41, 5.74) is -1.03.